The number of ether oxygens (including phenoxy) is 1. The fourth-order valence-corrected chi connectivity index (χ4v) is 2.08. The molecule has 2 heterocycles. The number of hydrogen-bond donors (Lipinski definition) is 0. The van der Waals surface area contributed by atoms with Crippen LogP contribution in [0.1, 0.15) is 12.6 Å². The summed E-state index contributed by atoms with van der Waals surface area (Å²) in [5.41, 5.74) is -1.01. The van der Waals surface area contributed by atoms with Gasteiger partial charge in [0.05, 0.1) is 12.4 Å². The minimum absolute atomic E-state index is 0.0181. The summed E-state index contributed by atoms with van der Waals surface area (Å²) in [5.74, 6) is -0.221. The summed E-state index contributed by atoms with van der Waals surface area (Å²) in [4.78, 5) is 19.2. The molecule has 0 spiro atoms. The van der Waals surface area contributed by atoms with Crippen molar-refractivity contribution in [2.75, 3.05) is 12.4 Å². The molecule has 0 fully saturated rings. The van der Waals surface area contributed by atoms with E-state index < -0.39 is 17.8 Å². The Kier molecular flexibility index (Phi) is 5.01. The van der Waals surface area contributed by atoms with Crippen molar-refractivity contribution in [1.29, 1.82) is 0 Å². The molecule has 118 valence electrons. The number of aromatic nitrogens is 4. The molecular weight excluding hydrogens is 321 g/mol. The fraction of sp³-hybridized carbons (Fsp3) is 0.333. The van der Waals surface area contributed by atoms with Crippen molar-refractivity contribution >= 4 is 17.7 Å². The lowest BCUT2D eigenvalue weighted by Crippen LogP contribution is -2.09. The molecule has 0 aliphatic carbocycles. The first-order valence-corrected chi connectivity index (χ1v) is 7.13. The quantitative estimate of drug-likeness (QED) is 0.475. The molecule has 10 heteroatoms. The predicted octanol–water partition coefficient (Wildman–Crippen LogP) is 2.34. The molecule has 6 nitrogen and oxygen atoms in total. The van der Waals surface area contributed by atoms with E-state index in [0.29, 0.717) is 0 Å². The van der Waals surface area contributed by atoms with Crippen LogP contribution in [0.15, 0.2) is 29.7 Å². The standard InChI is InChI=1S/C12H11F3N4O2S/c1-2-21-10(20)7-22-11-16-5-3-9(17-11)19-6-4-8(18-19)12(13,14)15/h3-6H,2,7H2,1H3. The van der Waals surface area contributed by atoms with E-state index >= 15 is 0 Å². The highest BCUT2D eigenvalue weighted by Gasteiger charge is 2.33. The van der Waals surface area contributed by atoms with Crippen molar-refractivity contribution in [2.45, 2.75) is 18.3 Å². The number of esters is 1. The highest BCUT2D eigenvalue weighted by atomic mass is 32.2. The van der Waals surface area contributed by atoms with Gasteiger partial charge in [0.25, 0.3) is 0 Å². The average Bonchev–Trinajstić information content (AvgIpc) is 2.96. The molecule has 0 aromatic carbocycles. The Labute approximate surface area is 127 Å². The first kappa shape index (κ1) is 16.3. The number of rotatable bonds is 5. The van der Waals surface area contributed by atoms with Crippen molar-refractivity contribution in [3.63, 3.8) is 0 Å². The zero-order valence-electron chi connectivity index (χ0n) is 11.4. The normalized spacial score (nSPS) is 11.5. The van der Waals surface area contributed by atoms with Crippen LogP contribution in [0.3, 0.4) is 0 Å². The summed E-state index contributed by atoms with van der Waals surface area (Å²) in [6.45, 7) is 1.96. The monoisotopic (exact) mass is 332 g/mol. The maximum atomic E-state index is 12.5. The van der Waals surface area contributed by atoms with E-state index in [1.807, 2.05) is 0 Å². The van der Waals surface area contributed by atoms with Crippen LogP contribution in [0.5, 0.6) is 0 Å². The average molecular weight is 332 g/mol. The van der Waals surface area contributed by atoms with E-state index in [0.717, 1.165) is 28.7 Å². The number of alkyl halides is 3. The van der Waals surface area contributed by atoms with Gasteiger partial charge in [0.2, 0.25) is 0 Å². The fourth-order valence-electron chi connectivity index (χ4n) is 1.46. The van der Waals surface area contributed by atoms with Crippen LogP contribution in [-0.2, 0) is 15.7 Å². The molecule has 0 N–H and O–H groups in total. The summed E-state index contributed by atoms with van der Waals surface area (Å²) in [7, 11) is 0. The zero-order valence-corrected chi connectivity index (χ0v) is 12.2. The van der Waals surface area contributed by atoms with E-state index in [1.54, 1.807) is 6.92 Å². The molecule has 2 rings (SSSR count). The van der Waals surface area contributed by atoms with Gasteiger partial charge in [-0.15, -0.1) is 0 Å². The van der Waals surface area contributed by atoms with Gasteiger partial charge in [-0.05, 0) is 13.0 Å². The highest BCUT2D eigenvalue weighted by molar-refractivity contribution is 7.99. The Hall–Kier alpha value is -2.10. The van der Waals surface area contributed by atoms with Gasteiger partial charge in [-0.2, -0.15) is 18.3 Å². The van der Waals surface area contributed by atoms with Gasteiger partial charge in [0.15, 0.2) is 16.7 Å². The molecule has 2 aromatic heterocycles. The Morgan fingerprint density at radius 1 is 1.41 bits per heavy atom. The van der Waals surface area contributed by atoms with Crippen molar-refractivity contribution in [1.82, 2.24) is 19.7 Å². The largest absolute Gasteiger partial charge is 0.465 e. The lowest BCUT2D eigenvalue weighted by Gasteiger charge is -2.04. The van der Waals surface area contributed by atoms with Crippen LogP contribution >= 0.6 is 11.8 Å². The molecule has 0 radical (unpaired) electrons. The van der Waals surface area contributed by atoms with E-state index in [9.17, 15) is 18.0 Å². The first-order chi connectivity index (χ1) is 10.4. The maximum Gasteiger partial charge on any atom is 0.435 e. The molecule has 22 heavy (non-hydrogen) atoms. The van der Waals surface area contributed by atoms with Crippen LogP contribution in [0.4, 0.5) is 13.2 Å². The zero-order chi connectivity index (χ0) is 16.2. The number of carbonyl (C=O) groups excluding carboxylic acids is 1. The molecule has 0 aliphatic heterocycles. The summed E-state index contributed by atoms with van der Waals surface area (Å²) in [6, 6.07) is 2.27. The third-order valence-corrected chi connectivity index (χ3v) is 3.19. The molecule has 0 bridgehead atoms. The van der Waals surface area contributed by atoms with Crippen LogP contribution in [0.2, 0.25) is 0 Å². The summed E-state index contributed by atoms with van der Waals surface area (Å²) >= 11 is 1.03. The van der Waals surface area contributed by atoms with Crippen LogP contribution < -0.4 is 0 Å². The lowest BCUT2D eigenvalue weighted by molar-refractivity contribution is -0.141. The van der Waals surface area contributed by atoms with E-state index in [2.05, 4.69) is 15.1 Å². The second-order valence-electron chi connectivity index (χ2n) is 3.93. The molecule has 0 saturated carbocycles. The molecule has 0 saturated heterocycles. The Bertz CT molecular complexity index is 660. The number of hydrogen-bond acceptors (Lipinski definition) is 6. The summed E-state index contributed by atoms with van der Waals surface area (Å²) in [5, 5.41) is 3.66. The van der Waals surface area contributed by atoms with E-state index in [-0.39, 0.29) is 23.3 Å². The summed E-state index contributed by atoms with van der Waals surface area (Å²) < 4.78 is 43.3. The van der Waals surface area contributed by atoms with Gasteiger partial charge in [0, 0.05) is 18.5 Å². The molecule has 0 aliphatic rings. The molecule has 0 atom stereocenters. The smallest absolute Gasteiger partial charge is 0.435 e. The third-order valence-electron chi connectivity index (χ3n) is 2.36. The summed E-state index contributed by atoms with van der Waals surface area (Å²) in [6.07, 6.45) is -1.98. The maximum absolute atomic E-state index is 12.5. The number of carbonyl (C=O) groups is 1. The third kappa shape index (κ3) is 4.20. The second-order valence-corrected chi connectivity index (χ2v) is 4.88. The predicted molar refractivity (Wildman–Crippen MR) is 71.5 cm³/mol. The molecule has 0 amide bonds. The Balaban J connectivity index is 2.11. The SMILES string of the molecule is CCOC(=O)CSc1nccc(-n2ccc(C(F)(F)F)n2)n1. The first-order valence-electron chi connectivity index (χ1n) is 6.15. The van der Waals surface area contributed by atoms with Gasteiger partial charge < -0.3 is 4.74 Å². The van der Waals surface area contributed by atoms with Gasteiger partial charge in [-0.1, -0.05) is 11.8 Å². The minimum atomic E-state index is -4.51. The van der Waals surface area contributed by atoms with Crippen molar-refractivity contribution in [3.05, 3.63) is 30.2 Å². The van der Waals surface area contributed by atoms with Gasteiger partial charge in [-0.25, -0.2) is 14.6 Å². The van der Waals surface area contributed by atoms with Crippen LogP contribution in [-0.4, -0.2) is 38.1 Å². The van der Waals surface area contributed by atoms with Gasteiger partial charge in [0.1, 0.15) is 0 Å². The van der Waals surface area contributed by atoms with E-state index in [1.165, 1.54) is 12.3 Å². The van der Waals surface area contributed by atoms with Crippen molar-refractivity contribution < 1.29 is 22.7 Å². The minimum Gasteiger partial charge on any atom is -0.465 e. The second kappa shape index (κ2) is 6.77. The molecule has 2 aromatic rings. The van der Waals surface area contributed by atoms with Crippen molar-refractivity contribution in [2.24, 2.45) is 0 Å². The van der Waals surface area contributed by atoms with Gasteiger partial charge >= 0.3 is 12.1 Å². The lowest BCUT2D eigenvalue weighted by atomic mass is 10.4. The van der Waals surface area contributed by atoms with Crippen LogP contribution in [0.25, 0.3) is 5.82 Å². The van der Waals surface area contributed by atoms with Crippen molar-refractivity contribution in [3.8, 4) is 5.82 Å². The number of thioether (sulfide) groups is 1. The van der Waals surface area contributed by atoms with Crippen LogP contribution in [0, 0.1) is 0 Å². The number of nitrogens with zero attached hydrogens (tertiary/aromatic N) is 4. The molecular formula is C12H11F3N4O2S. The number of halogens is 3. The van der Waals surface area contributed by atoms with Gasteiger partial charge in [-0.3, -0.25) is 4.79 Å². The Morgan fingerprint density at radius 3 is 2.82 bits per heavy atom. The highest BCUT2D eigenvalue weighted by Crippen LogP contribution is 2.27. The molecule has 0 unspecified atom stereocenters. The topological polar surface area (TPSA) is 69.9 Å². The van der Waals surface area contributed by atoms with E-state index in [4.69, 9.17) is 4.74 Å². The Morgan fingerprint density at radius 2 is 2.18 bits per heavy atom.